The van der Waals surface area contributed by atoms with Gasteiger partial charge in [0.1, 0.15) is 11.6 Å². The Morgan fingerprint density at radius 1 is 1.16 bits per heavy atom. The molecule has 140 valence electrons. The lowest BCUT2D eigenvalue weighted by Crippen LogP contribution is -2.53. The number of thioether (sulfide) groups is 1. The number of alkyl carbamates (subject to hydrolysis) is 1. The standard InChI is InChI=1S/C19H29NO4S/c1-18(2,3)24-17(23)20-15(16(21)22)19(4,5)25-13-9-12-14-10-7-6-8-11-14/h6-8,10-11,15H,9,12-13H2,1-5H3,(H,20,23)(H,21,22)/t15-/m1/s1. The number of carbonyl (C=O) groups excluding carboxylic acids is 1. The SMILES string of the molecule is CC(C)(C)OC(=O)N[C@H](C(=O)O)C(C)(C)SCCCc1ccccc1. The van der Waals surface area contributed by atoms with Gasteiger partial charge in [-0.15, -0.1) is 0 Å². The fourth-order valence-electron chi connectivity index (χ4n) is 2.30. The van der Waals surface area contributed by atoms with E-state index in [9.17, 15) is 14.7 Å². The van der Waals surface area contributed by atoms with Crippen LogP contribution in [0.4, 0.5) is 4.79 Å². The summed E-state index contributed by atoms with van der Waals surface area (Å²) in [5, 5.41) is 12.0. The second kappa shape index (κ2) is 9.13. The largest absolute Gasteiger partial charge is 0.480 e. The van der Waals surface area contributed by atoms with Gasteiger partial charge in [-0.05, 0) is 58.8 Å². The second-order valence-corrected chi connectivity index (χ2v) is 9.21. The lowest BCUT2D eigenvalue weighted by molar-refractivity contribution is -0.140. The average Bonchev–Trinajstić information content (AvgIpc) is 2.48. The van der Waals surface area contributed by atoms with Crippen molar-refractivity contribution in [3.63, 3.8) is 0 Å². The molecule has 6 heteroatoms. The predicted molar refractivity (Wildman–Crippen MR) is 102 cm³/mol. The minimum Gasteiger partial charge on any atom is -0.480 e. The van der Waals surface area contributed by atoms with Crippen molar-refractivity contribution in [1.29, 1.82) is 0 Å². The van der Waals surface area contributed by atoms with Crippen LogP contribution in [0.1, 0.15) is 46.6 Å². The van der Waals surface area contributed by atoms with Crippen molar-refractivity contribution in [1.82, 2.24) is 5.32 Å². The van der Waals surface area contributed by atoms with E-state index in [2.05, 4.69) is 17.4 Å². The molecule has 0 fully saturated rings. The van der Waals surface area contributed by atoms with Crippen LogP contribution >= 0.6 is 11.8 Å². The van der Waals surface area contributed by atoms with E-state index in [-0.39, 0.29) is 0 Å². The van der Waals surface area contributed by atoms with Crippen molar-refractivity contribution in [3.8, 4) is 0 Å². The van der Waals surface area contributed by atoms with E-state index in [1.165, 1.54) is 5.56 Å². The van der Waals surface area contributed by atoms with Crippen molar-refractivity contribution < 1.29 is 19.4 Å². The van der Waals surface area contributed by atoms with Crippen LogP contribution in [0, 0.1) is 0 Å². The number of hydrogen-bond acceptors (Lipinski definition) is 4. The number of carbonyl (C=O) groups is 2. The van der Waals surface area contributed by atoms with Crippen LogP contribution in [0.5, 0.6) is 0 Å². The first-order valence-corrected chi connectivity index (χ1v) is 9.40. The average molecular weight is 368 g/mol. The molecule has 2 N–H and O–H groups in total. The van der Waals surface area contributed by atoms with Gasteiger partial charge in [0.05, 0.1) is 0 Å². The molecule has 0 aliphatic carbocycles. The number of carboxylic acid groups (broad SMARTS) is 1. The summed E-state index contributed by atoms with van der Waals surface area (Å²) in [4.78, 5) is 23.5. The smallest absolute Gasteiger partial charge is 0.408 e. The van der Waals surface area contributed by atoms with Gasteiger partial charge in [-0.3, -0.25) is 0 Å². The molecule has 5 nitrogen and oxygen atoms in total. The molecule has 0 radical (unpaired) electrons. The van der Waals surface area contributed by atoms with E-state index in [1.807, 2.05) is 32.0 Å². The molecule has 0 aliphatic rings. The molecule has 1 atom stereocenters. The minimum absolute atomic E-state index is 0.653. The predicted octanol–water partition coefficient (Wildman–Crippen LogP) is 4.11. The zero-order valence-corrected chi connectivity index (χ0v) is 16.5. The molecule has 0 heterocycles. The van der Waals surface area contributed by atoms with Gasteiger partial charge in [-0.25, -0.2) is 9.59 Å². The van der Waals surface area contributed by atoms with Gasteiger partial charge in [-0.2, -0.15) is 11.8 Å². The zero-order chi connectivity index (χ0) is 19.1. The third-order valence-corrected chi connectivity index (χ3v) is 5.00. The second-order valence-electron chi connectivity index (χ2n) is 7.46. The van der Waals surface area contributed by atoms with Gasteiger partial charge < -0.3 is 15.2 Å². The van der Waals surface area contributed by atoms with Crippen LogP contribution < -0.4 is 5.32 Å². The summed E-state index contributed by atoms with van der Waals surface area (Å²) >= 11 is 1.54. The number of carboxylic acids is 1. The lowest BCUT2D eigenvalue weighted by atomic mass is 10.0. The normalized spacial score (nSPS) is 13.2. The maximum Gasteiger partial charge on any atom is 0.408 e. The molecule has 1 aromatic rings. The monoisotopic (exact) mass is 367 g/mol. The molecule has 0 spiro atoms. The third-order valence-electron chi connectivity index (χ3n) is 3.53. The molecule has 1 amide bonds. The maximum absolute atomic E-state index is 11.9. The van der Waals surface area contributed by atoms with Crippen molar-refractivity contribution >= 4 is 23.8 Å². The topological polar surface area (TPSA) is 75.6 Å². The summed E-state index contributed by atoms with van der Waals surface area (Å²) in [6.45, 7) is 8.89. The van der Waals surface area contributed by atoms with Gasteiger partial charge in [0, 0.05) is 4.75 Å². The highest BCUT2D eigenvalue weighted by Gasteiger charge is 2.37. The van der Waals surface area contributed by atoms with Crippen molar-refractivity contribution in [2.45, 2.75) is 63.9 Å². The Hall–Kier alpha value is -1.69. The fraction of sp³-hybridized carbons (Fsp3) is 0.579. The molecule has 0 saturated heterocycles. The molecular formula is C19H29NO4S. The van der Waals surface area contributed by atoms with Crippen LogP contribution in [0.15, 0.2) is 30.3 Å². The molecular weight excluding hydrogens is 338 g/mol. The minimum atomic E-state index is -1.06. The van der Waals surface area contributed by atoms with Gasteiger partial charge >= 0.3 is 12.1 Å². The Labute approximate surface area is 154 Å². The molecule has 1 rings (SSSR count). The molecule has 0 aliphatic heterocycles. The maximum atomic E-state index is 11.9. The molecule has 25 heavy (non-hydrogen) atoms. The van der Waals surface area contributed by atoms with Gasteiger partial charge in [0.15, 0.2) is 0 Å². The third kappa shape index (κ3) is 8.29. The molecule has 1 aromatic carbocycles. The number of ether oxygens (including phenoxy) is 1. The summed E-state index contributed by atoms with van der Waals surface area (Å²) in [5.74, 6) is -0.256. The number of rotatable bonds is 8. The number of amides is 1. The van der Waals surface area contributed by atoms with E-state index in [0.717, 1.165) is 18.6 Å². The number of aliphatic carboxylic acids is 1. The van der Waals surface area contributed by atoms with Crippen LogP contribution in [0.25, 0.3) is 0 Å². The van der Waals surface area contributed by atoms with Crippen LogP contribution in [0.2, 0.25) is 0 Å². The highest BCUT2D eigenvalue weighted by Crippen LogP contribution is 2.29. The van der Waals surface area contributed by atoms with E-state index >= 15 is 0 Å². The quantitative estimate of drug-likeness (QED) is 0.676. The van der Waals surface area contributed by atoms with E-state index < -0.39 is 28.5 Å². The van der Waals surface area contributed by atoms with Crippen LogP contribution in [-0.2, 0) is 16.0 Å². The summed E-state index contributed by atoms with van der Waals surface area (Å²) in [6, 6.07) is 9.15. The first-order valence-electron chi connectivity index (χ1n) is 8.41. The molecule has 0 unspecified atom stereocenters. The number of hydrogen-bond donors (Lipinski definition) is 2. The number of nitrogens with one attached hydrogen (secondary N) is 1. The van der Waals surface area contributed by atoms with Crippen molar-refractivity contribution in [2.75, 3.05) is 5.75 Å². The van der Waals surface area contributed by atoms with E-state index in [1.54, 1.807) is 32.5 Å². The van der Waals surface area contributed by atoms with Gasteiger partial charge in [0.2, 0.25) is 0 Å². The van der Waals surface area contributed by atoms with Crippen molar-refractivity contribution in [3.05, 3.63) is 35.9 Å². The van der Waals surface area contributed by atoms with Gasteiger partial charge in [-0.1, -0.05) is 30.3 Å². The zero-order valence-electron chi connectivity index (χ0n) is 15.7. The Morgan fingerprint density at radius 2 is 1.76 bits per heavy atom. The van der Waals surface area contributed by atoms with E-state index in [4.69, 9.17) is 4.74 Å². The Kier molecular flexibility index (Phi) is 7.80. The van der Waals surface area contributed by atoms with Crippen LogP contribution in [0.3, 0.4) is 0 Å². The molecule has 0 bridgehead atoms. The Morgan fingerprint density at radius 3 is 2.28 bits per heavy atom. The lowest BCUT2D eigenvalue weighted by Gasteiger charge is -2.32. The fourth-order valence-corrected chi connectivity index (χ4v) is 3.44. The first kappa shape index (κ1) is 21.4. The van der Waals surface area contributed by atoms with Crippen LogP contribution in [-0.4, -0.2) is 39.3 Å². The number of aryl methyl sites for hydroxylation is 1. The highest BCUT2D eigenvalue weighted by atomic mass is 32.2. The molecule has 0 aromatic heterocycles. The summed E-state index contributed by atoms with van der Waals surface area (Å²) < 4.78 is 4.52. The van der Waals surface area contributed by atoms with E-state index in [0.29, 0.717) is 0 Å². The van der Waals surface area contributed by atoms with Gasteiger partial charge in [0.25, 0.3) is 0 Å². The first-order chi connectivity index (χ1) is 11.5. The summed E-state index contributed by atoms with van der Waals surface area (Å²) in [6.07, 6.45) is 1.18. The summed E-state index contributed by atoms with van der Waals surface area (Å²) in [5.41, 5.74) is 0.600. The summed E-state index contributed by atoms with van der Waals surface area (Å²) in [7, 11) is 0. The highest BCUT2D eigenvalue weighted by molar-refractivity contribution is 8.00. The Bertz CT molecular complexity index is 567. The molecule has 0 saturated carbocycles. The number of benzene rings is 1. The van der Waals surface area contributed by atoms with Crippen molar-refractivity contribution in [2.24, 2.45) is 0 Å². The Balaban J connectivity index is 2.55.